The highest BCUT2D eigenvalue weighted by atomic mass is 127. The topological polar surface area (TPSA) is 0 Å². The van der Waals surface area contributed by atoms with Crippen LogP contribution in [0, 0.1) is 5.82 Å². The van der Waals surface area contributed by atoms with Gasteiger partial charge in [0.05, 0.1) is 5.02 Å². The lowest BCUT2D eigenvalue weighted by atomic mass is 10.3. The standard InChI is InChI=1S/C6H3ClFIS/c7-5-3-4(10-9)1-2-6(5)8/h1-3H. The summed E-state index contributed by atoms with van der Waals surface area (Å²) < 4.78 is 12.5. The molecule has 0 aromatic heterocycles. The Labute approximate surface area is 79.7 Å². The van der Waals surface area contributed by atoms with E-state index in [4.69, 9.17) is 11.6 Å². The van der Waals surface area contributed by atoms with E-state index in [-0.39, 0.29) is 10.8 Å². The molecule has 1 rings (SSSR count). The van der Waals surface area contributed by atoms with E-state index in [1.165, 1.54) is 15.0 Å². The molecule has 0 N–H and O–H groups in total. The highest BCUT2D eigenvalue weighted by Gasteiger charge is 1.98. The zero-order valence-corrected chi connectivity index (χ0v) is 8.50. The van der Waals surface area contributed by atoms with Crippen LogP contribution < -0.4 is 0 Å². The zero-order valence-electron chi connectivity index (χ0n) is 4.77. The first-order valence-corrected chi connectivity index (χ1v) is 6.21. The maximum Gasteiger partial charge on any atom is 0.141 e. The number of halogens is 3. The largest absolute Gasteiger partial charge is 0.205 e. The van der Waals surface area contributed by atoms with E-state index in [1.807, 2.05) is 0 Å². The van der Waals surface area contributed by atoms with Gasteiger partial charge in [-0.25, -0.2) is 4.39 Å². The lowest BCUT2D eigenvalue weighted by Gasteiger charge is -1.95. The Kier molecular flexibility index (Phi) is 3.26. The summed E-state index contributed by atoms with van der Waals surface area (Å²) in [5.41, 5.74) is 0. The van der Waals surface area contributed by atoms with Crippen molar-refractivity contribution < 1.29 is 4.39 Å². The van der Waals surface area contributed by atoms with Crippen LogP contribution in [0.3, 0.4) is 0 Å². The van der Waals surface area contributed by atoms with Crippen molar-refractivity contribution in [1.82, 2.24) is 0 Å². The second-order valence-electron chi connectivity index (χ2n) is 1.65. The molecule has 0 nitrogen and oxygen atoms in total. The van der Waals surface area contributed by atoms with Crippen LogP contribution >= 0.6 is 41.7 Å². The van der Waals surface area contributed by atoms with E-state index in [0.717, 1.165) is 4.90 Å². The van der Waals surface area contributed by atoms with Crippen molar-refractivity contribution in [3.63, 3.8) is 0 Å². The molecular weight excluding hydrogens is 285 g/mol. The van der Waals surface area contributed by atoms with E-state index < -0.39 is 0 Å². The van der Waals surface area contributed by atoms with Crippen LogP contribution in [-0.2, 0) is 0 Å². The molecular formula is C6H3ClFIS. The number of hydrogen-bond acceptors (Lipinski definition) is 1. The summed E-state index contributed by atoms with van der Waals surface area (Å²) in [7, 11) is 1.51. The zero-order chi connectivity index (χ0) is 7.56. The third-order valence-corrected chi connectivity index (χ3v) is 3.23. The molecule has 0 bridgehead atoms. The van der Waals surface area contributed by atoms with Gasteiger partial charge < -0.3 is 0 Å². The second kappa shape index (κ2) is 3.78. The summed E-state index contributed by atoms with van der Waals surface area (Å²) in [5.74, 6) is -0.365. The Morgan fingerprint density at radius 2 is 2.20 bits per heavy atom. The molecule has 4 heteroatoms. The smallest absolute Gasteiger partial charge is 0.141 e. The summed E-state index contributed by atoms with van der Waals surface area (Å²) in [4.78, 5) is 0.965. The maximum absolute atomic E-state index is 12.5. The highest BCUT2D eigenvalue weighted by Crippen LogP contribution is 2.28. The van der Waals surface area contributed by atoms with E-state index >= 15 is 0 Å². The molecule has 1 aromatic carbocycles. The van der Waals surface area contributed by atoms with Crippen LogP contribution in [0.2, 0.25) is 5.02 Å². The first-order valence-electron chi connectivity index (χ1n) is 2.47. The Hall–Kier alpha value is 0.520. The minimum atomic E-state index is -0.365. The Bertz CT molecular complexity index is 241. The minimum Gasteiger partial charge on any atom is -0.205 e. The Morgan fingerprint density at radius 3 is 2.70 bits per heavy atom. The van der Waals surface area contributed by atoms with Gasteiger partial charge in [0.15, 0.2) is 0 Å². The Balaban J connectivity index is 3.04. The van der Waals surface area contributed by atoms with Crippen molar-refractivity contribution >= 4 is 41.7 Å². The molecule has 0 saturated heterocycles. The van der Waals surface area contributed by atoms with Crippen molar-refractivity contribution in [3.05, 3.63) is 29.0 Å². The lowest BCUT2D eigenvalue weighted by Crippen LogP contribution is -1.74. The third kappa shape index (κ3) is 2.00. The van der Waals surface area contributed by atoms with Crippen LogP contribution in [0.5, 0.6) is 0 Å². The molecule has 0 aliphatic rings. The van der Waals surface area contributed by atoms with Gasteiger partial charge in [-0.15, -0.1) is 0 Å². The van der Waals surface area contributed by atoms with Gasteiger partial charge in [0.25, 0.3) is 0 Å². The normalized spacial score (nSPS) is 9.90. The molecule has 54 valence electrons. The summed E-state index contributed by atoms with van der Waals surface area (Å²) in [6.07, 6.45) is 0. The molecule has 0 aliphatic carbocycles. The Morgan fingerprint density at radius 1 is 1.50 bits per heavy atom. The van der Waals surface area contributed by atoms with Crippen LogP contribution in [0.4, 0.5) is 4.39 Å². The van der Waals surface area contributed by atoms with Crippen molar-refractivity contribution in [1.29, 1.82) is 0 Å². The van der Waals surface area contributed by atoms with Crippen LogP contribution in [0.25, 0.3) is 0 Å². The fraction of sp³-hybridized carbons (Fsp3) is 0. The molecule has 0 atom stereocenters. The summed E-state index contributed by atoms with van der Waals surface area (Å²) in [6.45, 7) is 0. The second-order valence-corrected chi connectivity index (χ2v) is 4.01. The number of benzene rings is 1. The van der Waals surface area contributed by atoms with Crippen LogP contribution in [-0.4, -0.2) is 0 Å². The van der Waals surface area contributed by atoms with E-state index in [0.29, 0.717) is 0 Å². The van der Waals surface area contributed by atoms with Gasteiger partial charge in [0.1, 0.15) is 5.82 Å². The van der Waals surface area contributed by atoms with Crippen LogP contribution in [0.1, 0.15) is 0 Å². The molecule has 1 aromatic rings. The lowest BCUT2D eigenvalue weighted by molar-refractivity contribution is 0.627. The fourth-order valence-electron chi connectivity index (χ4n) is 0.525. The first-order chi connectivity index (χ1) is 4.74. The van der Waals surface area contributed by atoms with Gasteiger partial charge in [-0.05, 0) is 18.2 Å². The van der Waals surface area contributed by atoms with Gasteiger partial charge in [0, 0.05) is 26.1 Å². The first kappa shape index (κ1) is 8.62. The van der Waals surface area contributed by atoms with E-state index in [9.17, 15) is 4.39 Å². The SMILES string of the molecule is Fc1ccc(SI)cc1Cl. The van der Waals surface area contributed by atoms with E-state index in [1.54, 1.807) is 12.1 Å². The number of rotatable bonds is 1. The molecule has 0 unspecified atom stereocenters. The summed E-state index contributed by atoms with van der Waals surface area (Å²) in [6, 6.07) is 4.66. The predicted octanol–water partition coefficient (Wildman–Crippen LogP) is 3.92. The van der Waals surface area contributed by atoms with Crippen molar-refractivity contribution in [3.8, 4) is 0 Å². The monoisotopic (exact) mass is 288 g/mol. The highest BCUT2D eigenvalue weighted by molar-refractivity contribution is 14.2. The third-order valence-electron chi connectivity index (χ3n) is 0.980. The maximum atomic E-state index is 12.5. The molecule has 0 aliphatic heterocycles. The van der Waals surface area contributed by atoms with Gasteiger partial charge in [-0.2, -0.15) is 0 Å². The molecule has 0 saturated carbocycles. The van der Waals surface area contributed by atoms with Gasteiger partial charge in [0.2, 0.25) is 0 Å². The van der Waals surface area contributed by atoms with Gasteiger partial charge >= 0.3 is 0 Å². The predicted molar refractivity (Wildman–Crippen MR) is 51.3 cm³/mol. The molecule has 0 amide bonds. The minimum absolute atomic E-state index is 0.182. The number of hydrogen-bond donors (Lipinski definition) is 0. The molecule has 0 heterocycles. The van der Waals surface area contributed by atoms with Gasteiger partial charge in [-0.1, -0.05) is 20.5 Å². The quantitative estimate of drug-likeness (QED) is 0.706. The van der Waals surface area contributed by atoms with Crippen molar-refractivity contribution in [2.24, 2.45) is 0 Å². The average molecular weight is 289 g/mol. The summed E-state index contributed by atoms with van der Waals surface area (Å²) in [5, 5.41) is 0.182. The van der Waals surface area contributed by atoms with E-state index in [2.05, 4.69) is 21.2 Å². The molecule has 10 heavy (non-hydrogen) atoms. The van der Waals surface area contributed by atoms with Crippen molar-refractivity contribution in [2.45, 2.75) is 4.90 Å². The summed E-state index contributed by atoms with van der Waals surface area (Å²) >= 11 is 7.62. The molecule has 0 fully saturated rings. The van der Waals surface area contributed by atoms with Crippen LogP contribution in [0.15, 0.2) is 23.1 Å². The van der Waals surface area contributed by atoms with Crippen molar-refractivity contribution in [2.75, 3.05) is 0 Å². The van der Waals surface area contributed by atoms with Gasteiger partial charge in [-0.3, -0.25) is 0 Å². The average Bonchev–Trinajstić information content (AvgIpc) is 1.95. The fourth-order valence-corrected chi connectivity index (χ4v) is 1.87. The molecule has 0 radical (unpaired) electrons. The molecule has 0 spiro atoms.